The van der Waals surface area contributed by atoms with Crippen LogP contribution in [0.1, 0.15) is 29.6 Å². The molecule has 0 unspecified atom stereocenters. The van der Waals surface area contributed by atoms with Crippen molar-refractivity contribution in [1.82, 2.24) is 14.9 Å². The molecule has 27 heavy (non-hydrogen) atoms. The fourth-order valence-electron chi connectivity index (χ4n) is 3.73. The van der Waals surface area contributed by atoms with Crippen LogP contribution in [-0.2, 0) is 0 Å². The van der Waals surface area contributed by atoms with Crippen molar-refractivity contribution in [2.45, 2.75) is 19.3 Å². The summed E-state index contributed by atoms with van der Waals surface area (Å²) in [5, 5.41) is 0. The molecule has 2 saturated heterocycles. The fourth-order valence-corrected chi connectivity index (χ4v) is 3.73. The van der Waals surface area contributed by atoms with Gasteiger partial charge in [0.2, 0.25) is 5.95 Å². The monoisotopic (exact) mass is 369 g/mol. The number of anilines is 2. The van der Waals surface area contributed by atoms with Gasteiger partial charge in [-0.2, -0.15) is 0 Å². The van der Waals surface area contributed by atoms with Gasteiger partial charge in [0.1, 0.15) is 5.82 Å². The summed E-state index contributed by atoms with van der Waals surface area (Å²) in [6, 6.07) is 6.76. The van der Waals surface area contributed by atoms with Crippen LogP contribution in [-0.4, -0.2) is 60.0 Å². The third-order valence-electron chi connectivity index (χ3n) is 5.28. The number of piperazine rings is 1. The quantitative estimate of drug-likeness (QED) is 0.832. The lowest BCUT2D eigenvalue weighted by Gasteiger charge is -2.36. The maximum atomic E-state index is 13.9. The zero-order chi connectivity index (χ0) is 18.6. The molecule has 0 N–H and O–H groups in total. The first kappa shape index (κ1) is 17.7. The third kappa shape index (κ3) is 3.86. The lowest BCUT2D eigenvalue weighted by atomic mass is 10.1. The first-order valence-corrected chi connectivity index (χ1v) is 9.58. The van der Waals surface area contributed by atoms with E-state index in [9.17, 15) is 9.18 Å². The first-order valence-electron chi connectivity index (χ1n) is 9.58. The second-order valence-electron chi connectivity index (χ2n) is 7.05. The van der Waals surface area contributed by atoms with Gasteiger partial charge < -0.3 is 14.7 Å². The molecule has 0 atom stereocenters. The summed E-state index contributed by atoms with van der Waals surface area (Å²) in [5.41, 5.74) is 1.11. The van der Waals surface area contributed by atoms with Gasteiger partial charge in [-0.05, 0) is 31.4 Å². The number of hydrogen-bond donors (Lipinski definition) is 0. The molecule has 0 aliphatic carbocycles. The molecule has 142 valence electrons. The van der Waals surface area contributed by atoms with Crippen molar-refractivity contribution in [2.24, 2.45) is 0 Å². The maximum absolute atomic E-state index is 13.9. The molecule has 1 aromatic carbocycles. The van der Waals surface area contributed by atoms with Crippen molar-refractivity contribution >= 4 is 17.5 Å². The third-order valence-corrected chi connectivity index (χ3v) is 5.28. The number of halogens is 1. The van der Waals surface area contributed by atoms with Crippen LogP contribution in [0.3, 0.4) is 0 Å². The Morgan fingerprint density at radius 1 is 0.852 bits per heavy atom. The highest BCUT2D eigenvalue weighted by Gasteiger charge is 2.24. The van der Waals surface area contributed by atoms with Crippen LogP contribution in [0.5, 0.6) is 0 Å². The number of piperidine rings is 1. The van der Waals surface area contributed by atoms with Crippen LogP contribution in [0.2, 0.25) is 0 Å². The Morgan fingerprint density at radius 3 is 2.19 bits per heavy atom. The SMILES string of the molecule is O=C(c1cnc(N2CCCCC2)nc1)N1CCN(c2ccccc2F)CC1. The molecular weight excluding hydrogens is 345 g/mol. The van der Waals surface area contributed by atoms with Gasteiger partial charge in [0.15, 0.2) is 0 Å². The topological polar surface area (TPSA) is 52.6 Å². The van der Waals surface area contributed by atoms with Gasteiger partial charge in [-0.25, -0.2) is 14.4 Å². The van der Waals surface area contributed by atoms with Crippen molar-refractivity contribution in [3.8, 4) is 0 Å². The zero-order valence-corrected chi connectivity index (χ0v) is 15.4. The van der Waals surface area contributed by atoms with Crippen LogP contribution >= 0.6 is 0 Å². The number of rotatable bonds is 3. The van der Waals surface area contributed by atoms with E-state index in [1.54, 1.807) is 29.4 Å². The predicted octanol–water partition coefficient (Wildman–Crippen LogP) is 2.57. The molecule has 2 fully saturated rings. The van der Waals surface area contributed by atoms with E-state index in [0.717, 1.165) is 25.9 Å². The number of benzene rings is 1. The molecule has 7 heteroatoms. The van der Waals surface area contributed by atoms with Gasteiger partial charge in [0.05, 0.1) is 11.3 Å². The summed E-state index contributed by atoms with van der Waals surface area (Å²) in [6.45, 7) is 4.29. The number of nitrogens with zero attached hydrogens (tertiary/aromatic N) is 5. The summed E-state index contributed by atoms with van der Waals surface area (Å²) in [5.74, 6) is 0.419. The highest BCUT2D eigenvalue weighted by Crippen LogP contribution is 2.21. The van der Waals surface area contributed by atoms with Gasteiger partial charge in [-0.1, -0.05) is 12.1 Å². The zero-order valence-electron chi connectivity index (χ0n) is 15.4. The van der Waals surface area contributed by atoms with E-state index >= 15 is 0 Å². The number of carbonyl (C=O) groups excluding carboxylic acids is 1. The summed E-state index contributed by atoms with van der Waals surface area (Å²) < 4.78 is 13.9. The predicted molar refractivity (Wildman–Crippen MR) is 103 cm³/mol. The highest BCUT2D eigenvalue weighted by molar-refractivity contribution is 5.93. The minimum atomic E-state index is -0.223. The summed E-state index contributed by atoms with van der Waals surface area (Å²) in [6.07, 6.45) is 6.84. The number of aromatic nitrogens is 2. The largest absolute Gasteiger partial charge is 0.366 e. The van der Waals surface area contributed by atoms with E-state index in [4.69, 9.17) is 0 Å². The molecule has 0 spiro atoms. The van der Waals surface area contributed by atoms with E-state index in [0.29, 0.717) is 43.4 Å². The molecule has 6 nitrogen and oxygen atoms in total. The normalized spacial score (nSPS) is 17.9. The minimum Gasteiger partial charge on any atom is -0.366 e. The van der Waals surface area contributed by atoms with Gasteiger partial charge >= 0.3 is 0 Å². The molecule has 4 rings (SSSR count). The van der Waals surface area contributed by atoms with Crippen LogP contribution in [0.4, 0.5) is 16.0 Å². The van der Waals surface area contributed by atoms with Crippen LogP contribution in [0, 0.1) is 5.82 Å². The Balaban J connectivity index is 1.37. The average Bonchev–Trinajstić information content (AvgIpc) is 2.74. The summed E-state index contributed by atoms with van der Waals surface area (Å²) >= 11 is 0. The number of para-hydroxylation sites is 1. The van der Waals surface area contributed by atoms with E-state index in [2.05, 4.69) is 14.9 Å². The molecule has 2 aliphatic rings. The van der Waals surface area contributed by atoms with Gasteiger partial charge in [-0.15, -0.1) is 0 Å². The van der Waals surface area contributed by atoms with Crippen molar-refractivity contribution in [3.05, 3.63) is 48.0 Å². The Morgan fingerprint density at radius 2 is 1.52 bits per heavy atom. The van der Waals surface area contributed by atoms with E-state index < -0.39 is 0 Å². The molecule has 0 saturated carbocycles. The molecular formula is C20H24FN5O. The van der Waals surface area contributed by atoms with E-state index in [1.165, 1.54) is 12.5 Å². The second kappa shape index (κ2) is 7.90. The van der Waals surface area contributed by atoms with Crippen molar-refractivity contribution in [1.29, 1.82) is 0 Å². The van der Waals surface area contributed by atoms with Crippen LogP contribution in [0.25, 0.3) is 0 Å². The maximum Gasteiger partial charge on any atom is 0.257 e. The van der Waals surface area contributed by atoms with Crippen molar-refractivity contribution in [3.63, 3.8) is 0 Å². The van der Waals surface area contributed by atoms with Crippen LogP contribution < -0.4 is 9.80 Å². The van der Waals surface area contributed by atoms with Gasteiger partial charge in [-0.3, -0.25) is 4.79 Å². The Labute approximate surface area is 158 Å². The molecule has 1 aromatic heterocycles. The first-order chi connectivity index (χ1) is 13.2. The molecule has 0 radical (unpaired) electrons. The second-order valence-corrected chi connectivity index (χ2v) is 7.05. The fraction of sp³-hybridized carbons (Fsp3) is 0.450. The Kier molecular flexibility index (Phi) is 5.18. The molecule has 3 heterocycles. The van der Waals surface area contributed by atoms with Gasteiger partial charge in [0.25, 0.3) is 5.91 Å². The number of carbonyl (C=O) groups is 1. The molecule has 0 bridgehead atoms. The number of amides is 1. The van der Waals surface area contributed by atoms with Crippen molar-refractivity contribution in [2.75, 3.05) is 49.1 Å². The smallest absolute Gasteiger partial charge is 0.257 e. The van der Waals surface area contributed by atoms with E-state index in [1.807, 2.05) is 11.0 Å². The van der Waals surface area contributed by atoms with Crippen LogP contribution in [0.15, 0.2) is 36.7 Å². The Hall–Kier alpha value is -2.70. The molecule has 1 amide bonds. The van der Waals surface area contributed by atoms with Gasteiger partial charge in [0, 0.05) is 51.7 Å². The minimum absolute atomic E-state index is 0.0617. The highest BCUT2D eigenvalue weighted by atomic mass is 19.1. The van der Waals surface area contributed by atoms with Crippen molar-refractivity contribution < 1.29 is 9.18 Å². The lowest BCUT2D eigenvalue weighted by Crippen LogP contribution is -2.49. The molecule has 2 aliphatic heterocycles. The Bertz CT molecular complexity index is 783. The average molecular weight is 369 g/mol. The summed E-state index contributed by atoms with van der Waals surface area (Å²) in [4.78, 5) is 27.5. The molecule has 2 aromatic rings. The standard InChI is InChI=1S/C20H24FN5O/c21-17-6-2-3-7-18(17)24-10-12-25(13-11-24)19(27)16-14-22-20(23-15-16)26-8-4-1-5-9-26/h2-3,6-7,14-15H,1,4-5,8-13H2. The summed E-state index contributed by atoms with van der Waals surface area (Å²) in [7, 11) is 0. The number of hydrogen-bond acceptors (Lipinski definition) is 5. The van der Waals surface area contributed by atoms with E-state index in [-0.39, 0.29) is 11.7 Å². The lowest BCUT2D eigenvalue weighted by molar-refractivity contribution is 0.0746.